The Labute approximate surface area is 180 Å². The summed E-state index contributed by atoms with van der Waals surface area (Å²) in [5.74, 6) is 0.825. The first kappa shape index (κ1) is 22.1. The zero-order valence-corrected chi connectivity index (χ0v) is 17.7. The number of halogens is 1. The van der Waals surface area contributed by atoms with Gasteiger partial charge in [0.05, 0.1) is 20.4 Å². The molecule has 0 aromatic heterocycles. The highest BCUT2D eigenvalue weighted by molar-refractivity contribution is 7.89. The second kappa shape index (κ2) is 9.94. The van der Waals surface area contributed by atoms with E-state index in [-0.39, 0.29) is 23.1 Å². The molecule has 31 heavy (non-hydrogen) atoms. The minimum atomic E-state index is -3.94. The van der Waals surface area contributed by atoms with Gasteiger partial charge in [-0.2, -0.15) is 18.4 Å². The van der Waals surface area contributed by atoms with Crippen LogP contribution >= 0.6 is 0 Å². The van der Waals surface area contributed by atoms with E-state index in [2.05, 4.69) is 9.93 Å². The lowest BCUT2D eigenvalue weighted by atomic mass is 10.2. The van der Waals surface area contributed by atoms with Crippen molar-refractivity contribution in [1.29, 1.82) is 0 Å². The normalized spacial score (nSPS) is 11.3. The summed E-state index contributed by atoms with van der Waals surface area (Å²) in [6.45, 7) is 0.101. The molecule has 162 valence electrons. The van der Waals surface area contributed by atoms with E-state index in [4.69, 9.17) is 14.2 Å². The molecule has 3 rings (SSSR count). The Morgan fingerprint density at radius 2 is 1.68 bits per heavy atom. The van der Waals surface area contributed by atoms with Crippen molar-refractivity contribution >= 4 is 16.2 Å². The number of nitrogens with one attached hydrogen (secondary N) is 1. The highest BCUT2D eigenvalue weighted by Gasteiger charge is 2.19. The maximum absolute atomic E-state index is 13.6. The van der Waals surface area contributed by atoms with Gasteiger partial charge in [-0.1, -0.05) is 18.2 Å². The van der Waals surface area contributed by atoms with Crippen LogP contribution in [-0.4, -0.2) is 28.9 Å². The molecule has 0 saturated heterocycles. The van der Waals surface area contributed by atoms with Gasteiger partial charge in [0.1, 0.15) is 34.6 Å². The van der Waals surface area contributed by atoms with Gasteiger partial charge in [-0.25, -0.2) is 4.39 Å². The van der Waals surface area contributed by atoms with E-state index in [0.717, 1.165) is 0 Å². The number of ether oxygens (including phenoxy) is 3. The molecule has 0 aliphatic heterocycles. The van der Waals surface area contributed by atoms with E-state index < -0.39 is 10.0 Å². The lowest BCUT2D eigenvalue weighted by molar-refractivity contribution is 0.300. The van der Waals surface area contributed by atoms with Crippen molar-refractivity contribution in [3.05, 3.63) is 83.7 Å². The van der Waals surface area contributed by atoms with E-state index in [1.165, 1.54) is 44.7 Å². The molecule has 0 heterocycles. The first-order valence-electron chi connectivity index (χ1n) is 9.16. The number of benzene rings is 3. The quantitative estimate of drug-likeness (QED) is 0.401. The predicted octanol–water partition coefficient (Wildman–Crippen LogP) is 3.73. The van der Waals surface area contributed by atoms with Crippen molar-refractivity contribution in [1.82, 2.24) is 4.83 Å². The number of hydrogen-bond donors (Lipinski definition) is 1. The second-order valence-electron chi connectivity index (χ2n) is 6.32. The SMILES string of the molecule is COc1ccc(S(=O)(=O)N/N=C\c2ccc(OCc3ccccc3F)cc2)c(OC)c1. The number of hydrazone groups is 1. The van der Waals surface area contributed by atoms with Crippen molar-refractivity contribution in [2.75, 3.05) is 14.2 Å². The van der Waals surface area contributed by atoms with E-state index in [1.807, 2.05) is 0 Å². The number of methoxy groups -OCH3 is 2. The molecule has 0 aliphatic carbocycles. The summed E-state index contributed by atoms with van der Waals surface area (Å²) in [7, 11) is -1.10. The minimum absolute atomic E-state index is 0.0650. The molecule has 3 aromatic carbocycles. The fourth-order valence-corrected chi connectivity index (χ4v) is 3.59. The molecule has 0 atom stereocenters. The number of rotatable bonds is 9. The van der Waals surface area contributed by atoms with Gasteiger partial charge in [0.2, 0.25) is 0 Å². The van der Waals surface area contributed by atoms with Crippen LogP contribution in [0.15, 0.2) is 76.7 Å². The van der Waals surface area contributed by atoms with Crippen molar-refractivity contribution in [2.45, 2.75) is 11.5 Å². The lowest BCUT2D eigenvalue weighted by Gasteiger charge is -2.10. The van der Waals surface area contributed by atoms with Crippen LogP contribution in [0, 0.1) is 5.82 Å². The minimum Gasteiger partial charge on any atom is -0.497 e. The number of hydrogen-bond acceptors (Lipinski definition) is 6. The molecule has 0 radical (unpaired) electrons. The van der Waals surface area contributed by atoms with Crippen LogP contribution in [0.25, 0.3) is 0 Å². The summed E-state index contributed by atoms with van der Waals surface area (Å²) < 4.78 is 54.4. The van der Waals surface area contributed by atoms with Crippen molar-refractivity contribution in [3.63, 3.8) is 0 Å². The maximum atomic E-state index is 13.6. The number of sulfonamides is 1. The maximum Gasteiger partial charge on any atom is 0.280 e. The average molecular weight is 444 g/mol. The van der Waals surface area contributed by atoms with Crippen LogP contribution in [0.5, 0.6) is 17.2 Å². The first-order valence-corrected chi connectivity index (χ1v) is 10.6. The highest BCUT2D eigenvalue weighted by atomic mass is 32.2. The summed E-state index contributed by atoms with van der Waals surface area (Å²) >= 11 is 0. The van der Waals surface area contributed by atoms with Crippen LogP contribution in [0.2, 0.25) is 0 Å². The van der Waals surface area contributed by atoms with Crippen LogP contribution in [0.4, 0.5) is 4.39 Å². The Bertz CT molecular complexity index is 1160. The molecular formula is C22H21FN2O5S. The summed E-state index contributed by atoms with van der Waals surface area (Å²) in [6, 6.07) is 17.5. The molecule has 7 nitrogen and oxygen atoms in total. The Kier molecular flexibility index (Phi) is 7.09. The molecule has 0 saturated carbocycles. The molecule has 0 bridgehead atoms. The highest BCUT2D eigenvalue weighted by Crippen LogP contribution is 2.28. The second-order valence-corrected chi connectivity index (χ2v) is 7.95. The summed E-state index contributed by atoms with van der Waals surface area (Å²) in [6.07, 6.45) is 1.36. The van der Waals surface area contributed by atoms with Gasteiger partial charge in [-0.05, 0) is 48.0 Å². The standard InChI is InChI=1S/C22H21FN2O5S/c1-28-19-11-12-22(21(13-19)29-2)31(26,27)25-24-14-16-7-9-18(10-8-16)30-15-17-5-3-4-6-20(17)23/h3-14,25H,15H2,1-2H3/b24-14-. The molecule has 0 fully saturated rings. The lowest BCUT2D eigenvalue weighted by Crippen LogP contribution is -2.19. The van der Waals surface area contributed by atoms with E-state index in [9.17, 15) is 12.8 Å². The summed E-state index contributed by atoms with van der Waals surface area (Å²) in [4.78, 5) is 2.09. The van der Waals surface area contributed by atoms with Crippen molar-refractivity contribution in [2.24, 2.45) is 5.10 Å². The fraction of sp³-hybridized carbons (Fsp3) is 0.136. The summed E-state index contributed by atoms with van der Waals surface area (Å²) in [5.41, 5.74) is 1.10. The molecule has 9 heteroatoms. The molecule has 1 N–H and O–H groups in total. The first-order chi connectivity index (χ1) is 14.9. The Morgan fingerprint density at radius 3 is 2.35 bits per heavy atom. The molecule has 0 amide bonds. The van der Waals surface area contributed by atoms with Gasteiger partial charge in [0.15, 0.2) is 0 Å². The zero-order chi connectivity index (χ0) is 22.3. The van der Waals surface area contributed by atoms with Gasteiger partial charge in [0, 0.05) is 11.6 Å². The van der Waals surface area contributed by atoms with Crippen molar-refractivity contribution < 1.29 is 27.0 Å². The van der Waals surface area contributed by atoms with Gasteiger partial charge < -0.3 is 14.2 Å². The third kappa shape index (κ3) is 5.73. The van der Waals surface area contributed by atoms with E-state index >= 15 is 0 Å². The Hall–Kier alpha value is -3.59. The summed E-state index contributed by atoms with van der Waals surface area (Å²) in [5, 5.41) is 3.80. The van der Waals surface area contributed by atoms with Gasteiger partial charge in [-0.15, -0.1) is 0 Å². The number of nitrogens with zero attached hydrogens (tertiary/aromatic N) is 1. The fourth-order valence-electron chi connectivity index (χ4n) is 2.64. The van der Waals surface area contributed by atoms with Crippen LogP contribution in [-0.2, 0) is 16.6 Å². The van der Waals surface area contributed by atoms with Gasteiger partial charge in [0.25, 0.3) is 10.0 Å². The largest absolute Gasteiger partial charge is 0.497 e. The predicted molar refractivity (Wildman–Crippen MR) is 115 cm³/mol. The molecule has 0 aliphatic rings. The van der Waals surface area contributed by atoms with E-state index in [1.54, 1.807) is 42.5 Å². The third-order valence-corrected chi connectivity index (χ3v) is 5.54. The third-order valence-electron chi connectivity index (χ3n) is 4.28. The smallest absolute Gasteiger partial charge is 0.280 e. The zero-order valence-electron chi connectivity index (χ0n) is 16.9. The van der Waals surface area contributed by atoms with Crippen LogP contribution in [0.1, 0.15) is 11.1 Å². The Balaban J connectivity index is 1.62. The topological polar surface area (TPSA) is 86.2 Å². The Morgan fingerprint density at radius 1 is 0.968 bits per heavy atom. The molecule has 0 spiro atoms. The van der Waals surface area contributed by atoms with Gasteiger partial charge in [-0.3, -0.25) is 0 Å². The van der Waals surface area contributed by atoms with Crippen LogP contribution < -0.4 is 19.0 Å². The van der Waals surface area contributed by atoms with Crippen molar-refractivity contribution in [3.8, 4) is 17.2 Å². The van der Waals surface area contributed by atoms with Gasteiger partial charge >= 0.3 is 0 Å². The average Bonchev–Trinajstić information content (AvgIpc) is 2.78. The molecule has 0 unspecified atom stereocenters. The van der Waals surface area contributed by atoms with Crippen LogP contribution in [0.3, 0.4) is 0 Å². The van der Waals surface area contributed by atoms with E-state index in [0.29, 0.717) is 22.6 Å². The molecular weight excluding hydrogens is 423 g/mol. The monoisotopic (exact) mass is 444 g/mol. The molecule has 3 aromatic rings.